The predicted molar refractivity (Wildman–Crippen MR) is 81.5 cm³/mol. The van der Waals surface area contributed by atoms with Crippen LogP contribution in [0.5, 0.6) is 0 Å². The van der Waals surface area contributed by atoms with Gasteiger partial charge in [0.1, 0.15) is 0 Å². The second-order valence-corrected chi connectivity index (χ2v) is 18.8. The normalized spacial score (nSPS) is 10.3. The molecule has 0 nitrogen and oxygen atoms in total. The molecular formula is C14H32I2Te2. The fourth-order valence-corrected chi connectivity index (χ4v) is 6.30. The van der Waals surface area contributed by atoms with Gasteiger partial charge < -0.3 is 48.0 Å². The van der Waals surface area contributed by atoms with E-state index in [1.54, 1.807) is 8.94 Å². The molecule has 0 fully saturated rings. The van der Waals surface area contributed by atoms with Crippen LogP contribution in [0.25, 0.3) is 0 Å². The molecule has 0 saturated heterocycles. The first-order valence-electron chi connectivity index (χ1n) is 6.71. The van der Waals surface area contributed by atoms with Crippen molar-refractivity contribution in [2.24, 2.45) is 0 Å². The Morgan fingerprint density at radius 3 is 0.889 bits per heavy atom. The maximum atomic E-state index is 2.50. The second kappa shape index (κ2) is 20.0. The van der Waals surface area contributed by atoms with E-state index in [9.17, 15) is 0 Å². The van der Waals surface area contributed by atoms with E-state index in [0.717, 1.165) is 0 Å². The summed E-state index contributed by atoms with van der Waals surface area (Å²) in [4.78, 5) is 10.0. The Labute approximate surface area is 165 Å². The van der Waals surface area contributed by atoms with Crippen LogP contribution in [0.2, 0.25) is 28.8 Å². The minimum absolute atomic E-state index is 0. The van der Waals surface area contributed by atoms with Crippen LogP contribution in [0.3, 0.4) is 0 Å². The van der Waals surface area contributed by atoms with Crippen LogP contribution in [-0.2, 0) is 0 Å². The Morgan fingerprint density at radius 2 is 0.667 bits per heavy atom. The second-order valence-electron chi connectivity index (χ2n) is 5.21. The Bertz CT molecular complexity index is 126. The standard InChI is InChI=1S/C14H32Te2.2HI/c1-15(2)13-11-9-7-5-6-8-10-12-14-16(3)4;;/h5-14H2,1-4H3;2*1H/q+2;;/p-2. The van der Waals surface area contributed by atoms with Crippen LogP contribution in [0, 0.1) is 0 Å². The van der Waals surface area contributed by atoms with Crippen molar-refractivity contribution in [3.8, 4) is 0 Å². The van der Waals surface area contributed by atoms with Crippen molar-refractivity contribution < 1.29 is 48.0 Å². The number of unbranched alkanes of at least 4 members (excludes halogenated alkanes) is 7. The van der Waals surface area contributed by atoms with E-state index in [1.807, 2.05) is 0 Å². The molecule has 0 radical (unpaired) electrons. The van der Waals surface area contributed by atoms with Crippen molar-refractivity contribution >= 4 is 39.1 Å². The Balaban J connectivity index is -0.00000112. The molecule has 0 atom stereocenters. The minimum Gasteiger partial charge on any atom is -1.00 e. The fraction of sp³-hybridized carbons (Fsp3) is 1.00. The van der Waals surface area contributed by atoms with Crippen molar-refractivity contribution in [3.05, 3.63) is 0 Å². The van der Waals surface area contributed by atoms with Crippen LogP contribution in [-0.4, -0.2) is 39.1 Å². The van der Waals surface area contributed by atoms with E-state index in [-0.39, 0.29) is 48.0 Å². The summed E-state index contributed by atoms with van der Waals surface area (Å²) in [6.07, 6.45) is 12.1. The van der Waals surface area contributed by atoms with Gasteiger partial charge in [-0.15, -0.1) is 0 Å². The van der Waals surface area contributed by atoms with Crippen molar-refractivity contribution in [2.75, 3.05) is 0 Å². The first-order chi connectivity index (χ1) is 7.63. The quantitative estimate of drug-likeness (QED) is 0.156. The van der Waals surface area contributed by atoms with Gasteiger partial charge in [0.25, 0.3) is 0 Å². The summed E-state index contributed by atoms with van der Waals surface area (Å²) in [5.41, 5.74) is 0. The van der Waals surface area contributed by atoms with Crippen molar-refractivity contribution in [1.82, 2.24) is 0 Å². The Kier molecular flexibility index (Phi) is 28.9. The third kappa shape index (κ3) is 24.1. The van der Waals surface area contributed by atoms with E-state index >= 15 is 0 Å². The molecule has 0 aliphatic carbocycles. The topological polar surface area (TPSA) is 0 Å². The summed E-state index contributed by atoms with van der Waals surface area (Å²) in [5, 5.41) is 0. The first-order valence-corrected chi connectivity index (χ1v) is 19.3. The van der Waals surface area contributed by atoms with Gasteiger partial charge in [-0.1, -0.05) is 0 Å². The van der Waals surface area contributed by atoms with Gasteiger partial charge >= 0.3 is 119 Å². The van der Waals surface area contributed by atoms with Gasteiger partial charge in [0.05, 0.1) is 0 Å². The number of hydrogen-bond donors (Lipinski definition) is 0. The zero-order chi connectivity index (χ0) is 12.2. The predicted octanol–water partition coefficient (Wildman–Crippen LogP) is -0.376. The number of hydrogen-bond acceptors (Lipinski definition) is 0. The molecule has 0 aromatic rings. The summed E-state index contributed by atoms with van der Waals surface area (Å²) in [6.45, 7) is 0. The maximum Gasteiger partial charge on any atom is -1.00 e. The van der Waals surface area contributed by atoms with Gasteiger partial charge in [0.2, 0.25) is 0 Å². The molecular weight excluding hydrogens is 677 g/mol. The van der Waals surface area contributed by atoms with Gasteiger partial charge in [-0.05, 0) is 0 Å². The van der Waals surface area contributed by atoms with Gasteiger partial charge in [-0.2, -0.15) is 0 Å². The minimum atomic E-state index is -0.508. The number of halogens is 2. The molecule has 0 heterocycles. The zero-order valence-electron chi connectivity index (χ0n) is 12.6. The molecule has 0 rings (SSSR count). The van der Waals surface area contributed by atoms with Gasteiger partial charge in [-0.25, -0.2) is 0 Å². The molecule has 0 unspecified atom stereocenters. The molecule has 18 heavy (non-hydrogen) atoms. The first kappa shape index (κ1) is 26.0. The van der Waals surface area contributed by atoms with Gasteiger partial charge in [0.15, 0.2) is 0 Å². The smallest absolute Gasteiger partial charge is 1.00 e. The largest absolute Gasteiger partial charge is 1.00 e. The molecule has 0 aliphatic heterocycles. The Morgan fingerprint density at radius 1 is 0.444 bits per heavy atom. The van der Waals surface area contributed by atoms with Crippen molar-refractivity contribution in [3.63, 3.8) is 0 Å². The molecule has 114 valence electrons. The molecule has 0 N–H and O–H groups in total. The van der Waals surface area contributed by atoms with Crippen molar-refractivity contribution in [1.29, 1.82) is 0 Å². The molecule has 4 heteroatoms. The fourth-order valence-electron chi connectivity index (χ4n) is 1.84. The summed E-state index contributed by atoms with van der Waals surface area (Å²) in [5.74, 6) is 0. The van der Waals surface area contributed by atoms with Crippen LogP contribution in [0.15, 0.2) is 0 Å². The third-order valence-corrected chi connectivity index (χ3v) is 9.16. The SMILES string of the molecule is C[Te+](C)CCCCCCCCCC[Te+](C)C.[I-].[I-]. The zero-order valence-corrected chi connectivity index (χ0v) is 21.6. The van der Waals surface area contributed by atoms with E-state index in [4.69, 9.17) is 0 Å². The van der Waals surface area contributed by atoms with E-state index in [2.05, 4.69) is 19.9 Å². The summed E-state index contributed by atoms with van der Waals surface area (Å²) >= 11 is -1.02. The van der Waals surface area contributed by atoms with Gasteiger partial charge in [-0.3, -0.25) is 0 Å². The average Bonchev–Trinajstić information content (AvgIpc) is 2.20. The van der Waals surface area contributed by atoms with E-state index < -0.39 is 39.1 Å². The summed E-state index contributed by atoms with van der Waals surface area (Å²) < 4.78 is 3.20. The molecule has 0 aromatic heterocycles. The molecule has 0 amide bonds. The number of rotatable bonds is 11. The van der Waals surface area contributed by atoms with E-state index in [1.165, 1.54) is 51.4 Å². The molecule has 0 saturated carbocycles. The van der Waals surface area contributed by atoms with Gasteiger partial charge in [0, 0.05) is 0 Å². The summed E-state index contributed by atoms with van der Waals surface area (Å²) in [6, 6.07) is 0. The van der Waals surface area contributed by atoms with E-state index in [0.29, 0.717) is 0 Å². The Hall–Kier alpha value is 3.04. The summed E-state index contributed by atoms with van der Waals surface area (Å²) in [7, 11) is 0. The maximum absolute atomic E-state index is 2.50. The van der Waals surface area contributed by atoms with Crippen LogP contribution in [0.1, 0.15) is 51.4 Å². The monoisotopic (exact) mass is 714 g/mol. The third-order valence-electron chi connectivity index (χ3n) is 2.86. The average molecular weight is 709 g/mol. The van der Waals surface area contributed by atoms with Crippen molar-refractivity contribution in [2.45, 2.75) is 80.2 Å². The molecule has 0 bridgehead atoms. The van der Waals surface area contributed by atoms with Crippen LogP contribution in [0.4, 0.5) is 0 Å². The molecule has 0 aromatic carbocycles. The molecule has 0 spiro atoms. The van der Waals surface area contributed by atoms with Crippen LogP contribution < -0.4 is 48.0 Å². The molecule has 0 aliphatic rings. The van der Waals surface area contributed by atoms with Crippen LogP contribution >= 0.6 is 0 Å².